The average molecular weight is 287 g/mol. The lowest BCUT2D eigenvalue weighted by Crippen LogP contribution is -2.43. The van der Waals surface area contributed by atoms with E-state index < -0.39 is 5.92 Å². The zero-order chi connectivity index (χ0) is 15.8. The lowest BCUT2D eigenvalue weighted by molar-refractivity contribution is -0.121. The fourth-order valence-corrected chi connectivity index (χ4v) is 2.45. The highest BCUT2D eigenvalue weighted by Gasteiger charge is 2.20. The number of hydrogen-bond acceptors (Lipinski definition) is 3. The molecule has 1 aromatic rings. The maximum absolute atomic E-state index is 12.1. The van der Waals surface area contributed by atoms with Crippen LogP contribution >= 0.6 is 0 Å². The minimum atomic E-state index is -0.738. The number of rotatable bonds is 7. The Morgan fingerprint density at radius 3 is 2.24 bits per heavy atom. The van der Waals surface area contributed by atoms with Crippen LogP contribution in [0.5, 0.6) is 0 Å². The second kappa shape index (κ2) is 8.43. The number of carbonyl (C=O) groups is 1. The predicted octanol–water partition coefficient (Wildman–Crippen LogP) is 2.53. The minimum absolute atomic E-state index is 0.226. The van der Waals surface area contributed by atoms with Crippen LogP contribution in [-0.2, 0) is 4.79 Å². The van der Waals surface area contributed by atoms with Gasteiger partial charge in [0.25, 0.3) is 0 Å². The van der Waals surface area contributed by atoms with E-state index in [1.165, 1.54) is 0 Å². The summed E-state index contributed by atoms with van der Waals surface area (Å²) in [6.07, 6.45) is 0. The number of nitrogens with one attached hydrogen (secondary N) is 1. The quantitative estimate of drug-likeness (QED) is 0.838. The van der Waals surface area contributed by atoms with Gasteiger partial charge in [0, 0.05) is 25.2 Å². The molecule has 0 heterocycles. The molecular formula is C17H25N3O. The van der Waals surface area contributed by atoms with Gasteiger partial charge in [-0.15, -0.1) is 0 Å². The third-order valence-corrected chi connectivity index (χ3v) is 3.52. The van der Waals surface area contributed by atoms with Crippen LogP contribution in [0, 0.1) is 11.3 Å². The Balaban J connectivity index is 2.55. The number of amides is 1. The molecule has 114 valence electrons. The van der Waals surface area contributed by atoms with Crippen LogP contribution in [-0.4, -0.2) is 36.0 Å². The van der Waals surface area contributed by atoms with Crippen molar-refractivity contribution in [2.75, 3.05) is 13.1 Å². The van der Waals surface area contributed by atoms with Crippen LogP contribution in [0.1, 0.15) is 39.2 Å². The van der Waals surface area contributed by atoms with Crippen molar-refractivity contribution in [2.45, 2.75) is 45.7 Å². The zero-order valence-corrected chi connectivity index (χ0v) is 13.3. The van der Waals surface area contributed by atoms with Gasteiger partial charge in [0.15, 0.2) is 0 Å². The van der Waals surface area contributed by atoms with E-state index >= 15 is 0 Å². The van der Waals surface area contributed by atoms with Gasteiger partial charge in [-0.25, -0.2) is 0 Å². The Bertz CT molecular complexity index is 469. The van der Waals surface area contributed by atoms with Crippen LogP contribution in [0.3, 0.4) is 0 Å². The van der Waals surface area contributed by atoms with Crippen molar-refractivity contribution in [2.24, 2.45) is 0 Å². The Kier molecular flexibility index (Phi) is 6.90. The van der Waals surface area contributed by atoms with Gasteiger partial charge < -0.3 is 5.32 Å². The van der Waals surface area contributed by atoms with E-state index in [2.05, 4.69) is 44.0 Å². The Labute approximate surface area is 127 Å². The lowest BCUT2D eigenvalue weighted by Gasteiger charge is -2.30. The van der Waals surface area contributed by atoms with E-state index in [4.69, 9.17) is 0 Å². The predicted molar refractivity (Wildman–Crippen MR) is 84.8 cm³/mol. The topological polar surface area (TPSA) is 56.1 Å². The Morgan fingerprint density at radius 2 is 1.76 bits per heavy atom. The van der Waals surface area contributed by atoms with Gasteiger partial charge in [-0.05, 0) is 33.3 Å². The standard InChI is InChI=1S/C17H25N3O/c1-13(2)20(14(3)4)11-10-19-17(21)16(12-18)15-8-6-5-7-9-15/h5-9,13-14,16H,10-11H2,1-4H3,(H,19,21). The molecule has 0 bridgehead atoms. The van der Waals surface area contributed by atoms with E-state index in [0.29, 0.717) is 18.6 Å². The third kappa shape index (κ3) is 5.20. The van der Waals surface area contributed by atoms with Gasteiger partial charge in [0.05, 0.1) is 6.07 Å². The summed E-state index contributed by atoms with van der Waals surface area (Å²) >= 11 is 0. The summed E-state index contributed by atoms with van der Waals surface area (Å²) in [5.74, 6) is -0.964. The first-order valence-electron chi connectivity index (χ1n) is 7.45. The monoisotopic (exact) mass is 287 g/mol. The van der Waals surface area contributed by atoms with Gasteiger partial charge in [-0.1, -0.05) is 30.3 Å². The summed E-state index contributed by atoms with van der Waals surface area (Å²) in [6, 6.07) is 12.1. The number of benzene rings is 1. The molecule has 0 aromatic heterocycles. The van der Waals surface area contributed by atoms with Gasteiger partial charge in [-0.2, -0.15) is 5.26 Å². The lowest BCUT2D eigenvalue weighted by atomic mass is 10.00. The van der Waals surface area contributed by atoms with Crippen LogP contribution in [0.2, 0.25) is 0 Å². The van der Waals surface area contributed by atoms with Crippen molar-refractivity contribution < 1.29 is 4.79 Å². The number of nitriles is 1. The van der Waals surface area contributed by atoms with Gasteiger partial charge in [0.2, 0.25) is 5.91 Å². The summed E-state index contributed by atoms with van der Waals surface area (Å²) in [5.41, 5.74) is 0.738. The van der Waals surface area contributed by atoms with E-state index in [0.717, 1.165) is 12.1 Å². The summed E-state index contributed by atoms with van der Waals surface area (Å²) < 4.78 is 0. The Hall–Kier alpha value is -1.86. The SMILES string of the molecule is CC(C)N(CCNC(=O)C(C#N)c1ccccc1)C(C)C. The largest absolute Gasteiger partial charge is 0.353 e. The second-order valence-corrected chi connectivity index (χ2v) is 5.69. The molecule has 0 spiro atoms. The molecule has 1 amide bonds. The molecule has 0 aliphatic carbocycles. The highest BCUT2D eigenvalue weighted by Crippen LogP contribution is 2.14. The average Bonchev–Trinajstić information content (AvgIpc) is 2.44. The van der Waals surface area contributed by atoms with Crippen molar-refractivity contribution in [3.63, 3.8) is 0 Å². The molecule has 1 atom stereocenters. The normalized spacial score (nSPS) is 12.5. The van der Waals surface area contributed by atoms with Crippen LogP contribution in [0.25, 0.3) is 0 Å². The molecule has 1 aromatic carbocycles. The maximum Gasteiger partial charge on any atom is 0.241 e. The highest BCUT2D eigenvalue weighted by molar-refractivity contribution is 5.86. The molecule has 0 fully saturated rings. The fourth-order valence-electron chi connectivity index (χ4n) is 2.45. The number of hydrogen-bond donors (Lipinski definition) is 1. The fraction of sp³-hybridized carbons (Fsp3) is 0.529. The molecule has 1 rings (SSSR count). The summed E-state index contributed by atoms with van der Waals surface area (Å²) in [5, 5.41) is 12.1. The number of carbonyl (C=O) groups excluding carboxylic acids is 1. The summed E-state index contributed by atoms with van der Waals surface area (Å²) in [6.45, 7) is 9.91. The molecule has 4 heteroatoms. The second-order valence-electron chi connectivity index (χ2n) is 5.69. The first kappa shape index (κ1) is 17.2. The summed E-state index contributed by atoms with van der Waals surface area (Å²) in [4.78, 5) is 14.5. The van der Waals surface area contributed by atoms with E-state index in [1.54, 1.807) is 0 Å². The zero-order valence-electron chi connectivity index (χ0n) is 13.3. The molecule has 1 N–H and O–H groups in total. The van der Waals surface area contributed by atoms with E-state index in [1.807, 2.05) is 30.3 Å². The Morgan fingerprint density at radius 1 is 1.19 bits per heavy atom. The molecule has 0 aliphatic rings. The molecule has 0 aliphatic heterocycles. The summed E-state index contributed by atoms with van der Waals surface area (Å²) in [7, 11) is 0. The van der Waals surface area contributed by atoms with E-state index in [-0.39, 0.29) is 5.91 Å². The molecule has 0 saturated heterocycles. The van der Waals surface area contributed by atoms with Crippen molar-refractivity contribution in [1.29, 1.82) is 5.26 Å². The van der Waals surface area contributed by atoms with Crippen molar-refractivity contribution in [3.8, 4) is 6.07 Å². The number of nitrogens with zero attached hydrogens (tertiary/aromatic N) is 2. The van der Waals surface area contributed by atoms with Gasteiger partial charge >= 0.3 is 0 Å². The van der Waals surface area contributed by atoms with Crippen LogP contribution < -0.4 is 5.32 Å². The molecule has 4 nitrogen and oxygen atoms in total. The molecule has 0 saturated carbocycles. The maximum atomic E-state index is 12.1. The molecule has 0 radical (unpaired) electrons. The molecule has 1 unspecified atom stereocenters. The van der Waals surface area contributed by atoms with Crippen molar-refractivity contribution in [3.05, 3.63) is 35.9 Å². The highest BCUT2D eigenvalue weighted by atomic mass is 16.1. The van der Waals surface area contributed by atoms with Crippen molar-refractivity contribution in [1.82, 2.24) is 10.2 Å². The van der Waals surface area contributed by atoms with Gasteiger partial charge in [-0.3, -0.25) is 9.69 Å². The van der Waals surface area contributed by atoms with E-state index in [9.17, 15) is 10.1 Å². The first-order valence-corrected chi connectivity index (χ1v) is 7.45. The minimum Gasteiger partial charge on any atom is -0.353 e. The molecular weight excluding hydrogens is 262 g/mol. The van der Waals surface area contributed by atoms with Crippen LogP contribution in [0.4, 0.5) is 0 Å². The van der Waals surface area contributed by atoms with Gasteiger partial charge in [0.1, 0.15) is 5.92 Å². The van der Waals surface area contributed by atoms with Crippen LogP contribution in [0.15, 0.2) is 30.3 Å². The molecule has 21 heavy (non-hydrogen) atoms. The first-order chi connectivity index (χ1) is 9.97. The smallest absolute Gasteiger partial charge is 0.241 e. The third-order valence-electron chi connectivity index (χ3n) is 3.52. The van der Waals surface area contributed by atoms with Crippen molar-refractivity contribution >= 4 is 5.91 Å².